The molecule has 1 aliphatic heterocycles. The first-order valence-corrected chi connectivity index (χ1v) is 8.14. The van der Waals surface area contributed by atoms with Crippen LogP contribution in [0.2, 0.25) is 0 Å². The highest BCUT2D eigenvalue weighted by Gasteiger charge is 2.20. The molecule has 8 heteroatoms. The highest BCUT2D eigenvalue weighted by molar-refractivity contribution is 6.35. The second kappa shape index (κ2) is 8.27. The Morgan fingerprint density at radius 1 is 1.08 bits per heavy atom. The number of nitrogens with zero attached hydrogens (tertiary/aromatic N) is 1. The summed E-state index contributed by atoms with van der Waals surface area (Å²) < 4.78 is 0. The number of nitrogens with one attached hydrogen (secondary N) is 3. The molecule has 2 rings (SSSR count). The molecule has 0 aliphatic carbocycles. The van der Waals surface area contributed by atoms with E-state index in [0.29, 0.717) is 18.5 Å². The molecule has 1 aromatic rings. The van der Waals surface area contributed by atoms with Crippen LogP contribution in [0.15, 0.2) is 24.3 Å². The van der Waals surface area contributed by atoms with Gasteiger partial charge in [-0.15, -0.1) is 0 Å². The number of amides is 4. The quantitative estimate of drug-likeness (QED) is 0.531. The Kier molecular flexibility index (Phi) is 6.10. The zero-order chi connectivity index (χ0) is 18.4. The van der Waals surface area contributed by atoms with E-state index in [1.807, 2.05) is 0 Å². The number of benzene rings is 1. The fourth-order valence-corrected chi connectivity index (χ4v) is 2.42. The topological polar surface area (TPSA) is 108 Å². The lowest BCUT2D eigenvalue weighted by Crippen LogP contribution is -2.49. The van der Waals surface area contributed by atoms with Crippen LogP contribution in [0.3, 0.4) is 0 Å². The SMILES string of the molecule is CC(C)NC(=O)C(=O)NNC(=O)c1ccc(CN2CCCC2=O)cc1. The lowest BCUT2D eigenvalue weighted by atomic mass is 10.1. The molecule has 4 amide bonds. The van der Waals surface area contributed by atoms with E-state index >= 15 is 0 Å². The average Bonchev–Trinajstić information content (AvgIpc) is 2.97. The molecule has 1 aliphatic rings. The summed E-state index contributed by atoms with van der Waals surface area (Å²) in [4.78, 5) is 48.3. The van der Waals surface area contributed by atoms with Gasteiger partial charge in [0.2, 0.25) is 5.91 Å². The van der Waals surface area contributed by atoms with Crippen LogP contribution in [0.25, 0.3) is 0 Å². The number of carbonyl (C=O) groups excluding carboxylic acids is 4. The maximum atomic E-state index is 12.0. The largest absolute Gasteiger partial charge is 0.346 e. The van der Waals surface area contributed by atoms with Crippen molar-refractivity contribution in [3.8, 4) is 0 Å². The summed E-state index contributed by atoms with van der Waals surface area (Å²) in [5.74, 6) is -2.15. The van der Waals surface area contributed by atoms with E-state index in [0.717, 1.165) is 18.5 Å². The van der Waals surface area contributed by atoms with E-state index in [4.69, 9.17) is 0 Å². The summed E-state index contributed by atoms with van der Waals surface area (Å²) in [5.41, 5.74) is 5.51. The molecule has 1 saturated heterocycles. The molecule has 1 heterocycles. The molecule has 0 unspecified atom stereocenters. The van der Waals surface area contributed by atoms with Gasteiger partial charge in [0.05, 0.1) is 0 Å². The van der Waals surface area contributed by atoms with Crippen LogP contribution in [-0.4, -0.2) is 41.1 Å². The smallest absolute Gasteiger partial charge is 0.327 e. The van der Waals surface area contributed by atoms with E-state index in [-0.39, 0.29) is 11.9 Å². The molecule has 0 spiro atoms. The van der Waals surface area contributed by atoms with E-state index in [9.17, 15) is 19.2 Å². The molecule has 3 N–H and O–H groups in total. The minimum atomic E-state index is -0.939. The average molecular weight is 346 g/mol. The van der Waals surface area contributed by atoms with Crippen LogP contribution in [0.5, 0.6) is 0 Å². The van der Waals surface area contributed by atoms with Gasteiger partial charge in [0, 0.05) is 31.1 Å². The van der Waals surface area contributed by atoms with Crippen LogP contribution in [0.1, 0.15) is 42.6 Å². The number of hydrazine groups is 1. The second-order valence-corrected chi connectivity index (χ2v) is 6.15. The molecular formula is C17H22N4O4. The standard InChI is InChI=1S/C17H22N4O4/c1-11(2)18-16(24)17(25)20-19-15(23)13-7-5-12(6-8-13)10-21-9-3-4-14(21)22/h5-8,11H,3-4,9-10H2,1-2H3,(H,18,24)(H,19,23)(H,20,25). The Morgan fingerprint density at radius 3 is 2.32 bits per heavy atom. The van der Waals surface area contributed by atoms with E-state index in [2.05, 4.69) is 16.2 Å². The molecule has 0 radical (unpaired) electrons. The fourth-order valence-electron chi connectivity index (χ4n) is 2.42. The van der Waals surface area contributed by atoms with Crippen LogP contribution in [-0.2, 0) is 20.9 Å². The molecule has 0 bridgehead atoms. The van der Waals surface area contributed by atoms with Crippen LogP contribution in [0.4, 0.5) is 0 Å². The Balaban J connectivity index is 1.84. The third-order valence-corrected chi connectivity index (χ3v) is 3.68. The summed E-state index contributed by atoms with van der Waals surface area (Å²) in [6.45, 7) is 4.72. The predicted molar refractivity (Wildman–Crippen MR) is 90.0 cm³/mol. The second-order valence-electron chi connectivity index (χ2n) is 6.15. The van der Waals surface area contributed by atoms with E-state index < -0.39 is 17.7 Å². The summed E-state index contributed by atoms with van der Waals surface area (Å²) in [6, 6.07) is 6.54. The van der Waals surface area contributed by atoms with Gasteiger partial charge in [-0.3, -0.25) is 30.0 Å². The van der Waals surface area contributed by atoms with E-state index in [1.54, 1.807) is 43.0 Å². The summed E-state index contributed by atoms with van der Waals surface area (Å²) in [6.07, 6.45) is 1.47. The maximum Gasteiger partial charge on any atom is 0.327 e. The summed E-state index contributed by atoms with van der Waals surface area (Å²) in [7, 11) is 0. The number of carbonyl (C=O) groups is 4. The van der Waals surface area contributed by atoms with Gasteiger partial charge in [0.1, 0.15) is 0 Å². The molecule has 8 nitrogen and oxygen atoms in total. The van der Waals surface area contributed by atoms with Crippen LogP contribution in [0, 0.1) is 0 Å². The highest BCUT2D eigenvalue weighted by Crippen LogP contribution is 2.14. The molecule has 0 aromatic heterocycles. The number of likely N-dealkylation sites (tertiary alicyclic amines) is 1. The minimum absolute atomic E-state index is 0.143. The van der Waals surface area contributed by atoms with E-state index in [1.165, 1.54) is 0 Å². The van der Waals surface area contributed by atoms with Crippen molar-refractivity contribution in [3.05, 3.63) is 35.4 Å². The van der Waals surface area contributed by atoms with Gasteiger partial charge in [0.15, 0.2) is 0 Å². The van der Waals surface area contributed by atoms with Gasteiger partial charge in [-0.2, -0.15) is 0 Å². The zero-order valence-electron chi connectivity index (χ0n) is 14.3. The number of hydrogen-bond donors (Lipinski definition) is 3. The minimum Gasteiger partial charge on any atom is -0.346 e. The van der Waals surface area contributed by atoms with Crippen molar-refractivity contribution in [2.24, 2.45) is 0 Å². The molecule has 1 fully saturated rings. The molecule has 0 saturated carbocycles. The van der Waals surface area contributed by atoms with Gasteiger partial charge in [0.25, 0.3) is 5.91 Å². The Hall–Kier alpha value is -2.90. The highest BCUT2D eigenvalue weighted by atomic mass is 16.2. The van der Waals surface area contributed by atoms with Crippen molar-refractivity contribution in [1.29, 1.82) is 0 Å². The number of rotatable bonds is 4. The van der Waals surface area contributed by atoms with Gasteiger partial charge in [-0.25, -0.2) is 0 Å². The van der Waals surface area contributed by atoms with Crippen LogP contribution >= 0.6 is 0 Å². The van der Waals surface area contributed by atoms with Crippen molar-refractivity contribution in [3.63, 3.8) is 0 Å². The molecule has 0 atom stereocenters. The monoisotopic (exact) mass is 346 g/mol. The maximum absolute atomic E-state index is 12.0. The fraction of sp³-hybridized carbons (Fsp3) is 0.412. The Labute approximate surface area is 145 Å². The first-order chi connectivity index (χ1) is 11.9. The van der Waals surface area contributed by atoms with Gasteiger partial charge >= 0.3 is 11.8 Å². The van der Waals surface area contributed by atoms with Crippen molar-refractivity contribution in [2.75, 3.05) is 6.54 Å². The van der Waals surface area contributed by atoms with Crippen molar-refractivity contribution >= 4 is 23.6 Å². The lowest BCUT2D eigenvalue weighted by Gasteiger charge is -2.15. The predicted octanol–water partition coefficient (Wildman–Crippen LogP) is 0.0946. The lowest BCUT2D eigenvalue weighted by molar-refractivity contribution is -0.139. The van der Waals surface area contributed by atoms with Crippen LogP contribution < -0.4 is 16.2 Å². The van der Waals surface area contributed by atoms with Gasteiger partial charge in [-0.1, -0.05) is 12.1 Å². The van der Waals surface area contributed by atoms with Gasteiger partial charge < -0.3 is 10.2 Å². The zero-order valence-corrected chi connectivity index (χ0v) is 14.3. The van der Waals surface area contributed by atoms with Crippen molar-refractivity contribution < 1.29 is 19.2 Å². The van der Waals surface area contributed by atoms with Gasteiger partial charge in [-0.05, 0) is 38.0 Å². The third-order valence-electron chi connectivity index (χ3n) is 3.68. The first kappa shape index (κ1) is 18.4. The Morgan fingerprint density at radius 2 is 1.76 bits per heavy atom. The third kappa shape index (κ3) is 5.30. The summed E-state index contributed by atoms with van der Waals surface area (Å²) in [5, 5.41) is 2.42. The van der Waals surface area contributed by atoms with Crippen molar-refractivity contribution in [1.82, 2.24) is 21.1 Å². The Bertz CT molecular complexity index is 670. The van der Waals surface area contributed by atoms with Crippen molar-refractivity contribution in [2.45, 2.75) is 39.3 Å². The normalized spacial score (nSPS) is 13.7. The molecule has 134 valence electrons. The first-order valence-electron chi connectivity index (χ1n) is 8.14. The summed E-state index contributed by atoms with van der Waals surface area (Å²) >= 11 is 0. The number of hydrogen-bond acceptors (Lipinski definition) is 4. The molecule has 25 heavy (non-hydrogen) atoms. The molecular weight excluding hydrogens is 324 g/mol. The molecule has 1 aromatic carbocycles.